The summed E-state index contributed by atoms with van der Waals surface area (Å²) < 4.78 is 26.6. The summed E-state index contributed by atoms with van der Waals surface area (Å²) in [5, 5.41) is 10.1. The van der Waals surface area contributed by atoms with Gasteiger partial charge in [-0.25, -0.2) is 8.78 Å². The van der Waals surface area contributed by atoms with Gasteiger partial charge in [-0.05, 0) is 18.4 Å². The number of benzene rings is 1. The lowest BCUT2D eigenvalue weighted by Gasteiger charge is -2.22. The minimum absolute atomic E-state index is 0.00810. The maximum absolute atomic E-state index is 13.5. The first kappa shape index (κ1) is 14.1. The van der Waals surface area contributed by atoms with Crippen LogP contribution in [0.1, 0.15) is 51.2 Å². The number of hydrogen-bond donors (Lipinski definition) is 1. The van der Waals surface area contributed by atoms with Crippen LogP contribution in [0.2, 0.25) is 0 Å². The van der Waals surface area contributed by atoms with Crippen molar-refractivity contribution in [1.82, 2.24) is 0 Å². The molecule has 0 spiro atoms. The highest BCUT2D eigenvalue weighted by atomic mass is 19.2. The lowest BCUT2D eigenvalue weighted by molar-refractivity contribution is 0.0946. The van der Waals surface area contributed by atoms with Crippen molar-refractivity contribution in [2.24, 2.45) is 5.92 Å². The van der Waals surface area contributed by atoms with Crippen LogP contribution in [0, 0.1) is 17.6 Å². The van der Waals surface area contributed by atoms with Gasteiger partial charge in [0.2, 0.25) is 0 Å². The van der Waals surface area contributed by atoms with Crippen LogP contribution < -0.4 is 0 Å². The molecule has 0 saturated carbocycles. The van der Waals surface area contributed by atoms with Gasteiger partial charge in [0.25, 0.3) is 0 Å². The van der Waals surface area contributed by atoms with Crippen LogP contribution in [-0.4, -0.2) is 5.11 Å². The molecule has 0 heterocycles. The van der Waals surface area contributed by atoms with Crippen molar-refractivity contribution in [2.45, 2.75) is 45.6 Å². The van der Waals surface area contributed by atoms with Crippen LogP contribution in [0.5, 0.6) is 0 Å². The first-order valence-corrected chi connectivity index (χ1v) is 6.23. The minimum Gasteiger partial charge on any atom is -0.388 e. The molecule has 1 rings (SSSR count). The van der Waals surface area contributed by atoms with Gasteiger partial charge in [-0.15, -0.1) is 0 Å². The average molecular weight is 242 g/mol. The third-order valence-electron chi connectivity index (χ3n) is 3.20. The molecule has 1 N–H and O–H groups in total. The summed E-state index contributed by atoms with van der Waals surface area (Å²) in [5.74, 6) is -1.83. The predicted molar refractivity (Wildman–Crippen MR) is 64.6 cm³/mol. The Morgan fingerprint density at radius 1 is 1.24 bits per heavy atom. The topological polar surface area (TPSA) is 20.2 Å². The Hall–Kier alpha value is -0.960. The quantitative estimate of drug-likeness (QED) is 0.792. The average Bonchev–Trinajstić information content (AvgIpc) is 2.33. The van der Waals surface area contributed by atoms with Crippen molar-refractivity contribution in [1.29, 1.82) is 0 Å². The third-order valence-corrected chi connectivity index (χ3v) is 3.20. The number of aliphatic hydroxyl groups excluding tert-OH is 1. The van der Waals surface area contributed by atoms with Gasteiger partial charge in [0.1, 0.15) is 0 Å². The second kappa shape index (κ2) is 6.70. The van der Waals surface area contributed by atoms with Gasteiger partial charge in [0.05, 0.1) is 6.10 Å². The van der Waals surface area contributed by atoms with Gasteiger partial charge in [-0.2, -0.15) is 0 Å². The standard InChI is InChI=1S/C14H20F2O/c1-3-5-7-10(4-2)14(17)11-8-6-9-12(15)13(11)16/h6,8-10,14,17H,3-5,7H2,1-2H3. The Morgan fingerprint density at radius 3 is 2.53 bits per heavy atom. The molecule has 0 aromatic heterocycles. The summed E-state index contributed by atoms with van der Waals surface area (Å²) in [6.07, 6.45) is 2.71. The molecule has 0 fully saturated rings. The lowest BCUT2D eigenvalue weighted by Crippen LogP contribution is -2.14. The Morgan fingerprint density at radius 2 is 1.94 bits per heavy atom. The van der Waals surface area contributed by atoms with E-state index in [0.717, 1.165) is 31.7 Å². The molecule has 0 amide bonds. The van der Waals surface area contributed by atoms with Crippen molar-refractivity contribution in [3.63, 3.8) is 0 Å². The van der Waals surface area contributed by atoms with Crippen molar-refractivity contribution < 1.29 is 13.9 Å². The van der Waals surface area contributed by atoms with Crippen LogP contribution in [0.4, 0.5) is 8.78 Å². The van der Waals surface area contributed by atoms with Crippen LogP contribution in [0.3, 0.4) is 0 Å². The van der Waals surface area contributed by atoms with Gasteiger partial charge >= 0.3 is 0 Å². The van der Waals surface area contributed by atoms with Crippen molar-refractivity contribution in [2.75, 3.05) is 0 Å². The molecule has 0 aliphatic carbocycles. The van der Waals surface area contributed by atoms with Crippen LogP contribution in [0.15, 0.2) is 18.2 Å². The second-order valence-corrected chi connectivity index (χ2v) is 4.40. The number of halogens is 2. The second-order valence-electron chi connectivity index (χ2n) is 4.40. The molecular weight excluding hydrogens is 222 g/mol. The molecule has 1 aromatic carbocycles. The zero-order chi connectivity index (χ0) is 12.8. The first-order valence-electron chi connectivity index (χ1n) is 6.23. The molecule has 0 aliphatic rings. The Bertz CT molecular complexity index is 352. The summed E-state index contributed by atoms with van der Waals surface area (Å²) in [6, 6.07) is 3.96. The largest absolute Gasteiger partial charge is 0.388 e. The molecule has 17 heavy (non-hydrogen) atoms. The van der Waals surface area contributed by atoms with E-state index in [1.807, 2.05) is 6.92 Å². The summed E-state index contributed by atoms with van der Waals surface area (Å²) in [7, 11) is 0. The minimum atomic E-state index is -0.921. The molecule has 1 nitrogen and oxygen atoms in total. The van der Waals surface area contributed by atoms with Gasteiger partial charge in [-0.3, -0.25) is 0 Å². The normalized spacial score (nSPS) is 14.6. The number of hydrogen-bond acceptors (Lipinski definition) is 1. The smallest absolute Gasteiger partial charge is 0.164 e. The predicted octanol–water partition coefficient (Wildman–Crippen LogP) is 4.21. The van der Waals surface area contributed by atoms with Crippen molar-refractivity contribution in [3.8, 4) is 0 Å². The van der Waals surface area contributed by atoms with E-state index >= 15 is 0 Å². The summed E-state index contributed by atoms with van der Waals surface area (Å²) in [6.45, 7) is 4.03. The molecule has 2 unspecified atom stereocenters. The molecule has 1 aromatic rings. The fraction of sp³-hybridized carbons (Fsp3) is 0.571. The van der Waals surface area contributed by atoms with E-state index in [1.54, 1.807) is 0 Å². The Labute approximate surface area is 101 Å². The fourth-order valence-electron chi connectivity index (χ4n) is 2.05. The van der Waals surface area contributed by atoms with E-state index < -0.39 is 17.7 Å². The fourth-order valence-corrected chi connectivity index (χ4v) is 2.05. The van der Waals surface area contributed by atoms with E-state index in [9.17, 15) is 13.9 Å². The van der Waals surface area contributed by atoms with E-state index in [2.05, 4.69) is 6.92 Å². The molecule has 2 atom stereocenters. The van der Waals surface area contributed by atoms with Crippen molar-refractivity contribution >= 4 is 0 Å². The first-order chi connectivity index (χ1) is 8.11. The molecule has 0 aliphatic heterocycles. The number of rotatable bonds is 6. The van der Waals surface area contributed by atoms with Gasteiger partial charge in [0, 0.05) is 5.56 Å². The molecule has 0 saturated heterocycles. The molecule has 3 heteroatoms. The maximum Gasteiger partial charge on any atom is 0.164 e. The Balaban J connectivity index is 2.85. The van der Waals surface area contributed by atoms with Gasteiger partial charge in [-0.1, -0.05) is 45.2 Å². The highest BCUT2D eigenvalue weighted by Gasteiger charge is 2.23. The zero-order valence-corrected chi connectivity index (χ0v) is 10.4. The maximum atomic E-state index is 13.5. The molecular formula is C14H20F2O. The lowest BCUT2D eigenvalue weighted by atomic mass is 9.89. The molecule has 0 bridgehead atoms. The van der Waals surface area contributed by atoms with E-state index in [1.165, 1.54) is 12.1 Å². The van der Waals surface area contributed by atoms with E-state index in [4.69, 9.17) is 0 Å². The highest BCUT2D eigenvalue weighted by molar-refractivity contribution is 5.21. The molecule has 0 radical (unpaired) electrons. The summed E-state index contributed by atoms with van der Waals surface area (Å²) >= 11 is 0. The van der Waals surface area contributed by atoms with Crippen LogP contribution >= 0.6 is 0 Å². The Kier molecular flexibility index (Phi) is 5.56. The summed E-state index contributed by atoms with van der Waals surface area (Å²) in [4.78, 5) is 0. The molecule has 96 valence electrons. The zero-order valence-electron chi connectivity index (χ0n) is 10.4. The van der Waals surface area contributed by atoms with E-state index in [0.29, 0.717) is 0 Å². The number of unbranched alkanes of at least 4 members (excludes halogenated alkanes) is 1. The van der Waals surface area contributed by atoms with Gasteiger partial charge in [0.15, 0.2) is 11.6 Å². The van der Waals surface area contributed by atoms with Crippen LogP contribution in [-0.2, 0) is 0 Å². The highest BCUT2D eigenvalue weighted by Crippen LogP contribution is 2.30. The summed E-state index contributed by atoms with van der Waals surface area (Å²) in [5.41, 5.74) is 0.0768. The number of aliphatic hydroxyl groups is 1. The van der Waals surface area contributed by atoms with Gasteiger partial charge < -0.3 is 5.11 Å². The SMILES string of the molecule is CCCCC(CC)C(O)c1cccc(F)c1F. The van der Waals surface area contributed by atoms with E-state index in [-0.39, 0.29) is 11.5 Å². The van der Waals surface area contributed by atoms with Crippen LogP contribution in [0.25, 0.3) is 0 Å². The third kappa shape index (κ3) is 3.50. The monoisotopic (exact) mass is 242 g/mol. The van der Waals surface area contributed by atoms with Crippen molar-refractivity contribution in [3.05, 3.63) is 35.4 Å².